The molecule has 2 heterocycles. The van der Waals surface area contributed by atoms with Crippen LogP contribution in [0.1, 0.15) is 43.1 Å². The second kappa shape index (κ2) is 7.91. The summed E-state index contributed by atoms with van der Waals surface area (Å²) in [7, 11) is 4.03. The van der Waals surface area contributed by atoms with Gasteiger partial charge < -0.3 is 20.1 Å². The lowest BCUT2D eigenvalue weighted by atomic mass is 10.2. The van der Waals surface area contributed by atoms with E-state index < -0.39 is 0 Å². The summed E-state index contributed by atoms with van der Waals surface area (Å²) < 4.78 is 0. The Morgan fingerprint density at radius 1 is 1.20 bits per heavy atom. The molecule has 1 amide bonds. The lowest BCUT2D eigenvalue weighted by molar-refractivity contribution is 0.0925. The van der Waals surface area contributed by atoms with E-state index in [1.165, 1.54) is 25.7 Å². The summed E-state index contributed by atoms with van der Waals surface area (Å²) in [6, 6.07) is 8.28. The minimum absolute atomic E-state index is 0.0232. The largest absolute Gasteiger partial charge is 0.378 e. The van der Waals surface area contributed by atoms with Crippen molar-refractivity contribution in [1.82, 2.24) is 15.2 Å². The van der Waals surface area contributed by atoms with Crippen molar-refractivity contribution in [2.75, 3.05) is 38.6 Å². The molecule has 0 aliphatic carbocycles. The van der Waals surface area contributed by atoms with Gasteiger partial charge in [0.15, 0.2) is 0 Å². The first-order valence-corrected chi connectivity index (χ1v) is 9.36. The summed E-state index contributed by atoms with van der Waals surface area (Å²) in [6.45, 7) is 5.33. The zero-order valence-corrected chi connectivity index (χ0v) is 15.6. The molecule has 2 aromatic rings. The van der Waals surface area contributed by atoms with E-state index in [0.29, 0.717) is 5.69 Å². The zero-order chi connectivity index (χ0) is 17.8. The Hall–Kier alpha value is -2.01. The Morgan fingerprint density at radius 2 is 1.92 bits per heavy atom. The topological polar surface area (TPSA) is 51.4 Å². The average Bonchev–Trinajstić information content (AvgIpc) is 2.84. The van der Waals surface area contributed by atoms with E-state index in [9.17, 15) is 4.79 Å². The van der Waals surface area contributed by atoms with Gasteiger partial charge in [-0.2, -0.15) is 0 Å². The van der Waals surface area contributed by atoms with Gasteiger partial charge >= 0.3 is 0 Å². The Morgan fingerprint density at radius 3 is 2.60 bits per heavy atom. The van der Waals surface area contributed by atoms with Crippen LogP contribution in [0.15, 0.2) is 24.3 Å². The monoisotopic (exact) mass is 342 g/mol. The van der Waals surface area contributed by atoms with E-state index in [4.69, 9.17) is 0 Å². The number of hydrogen-bond donors (Lipinski definition) is 2. The van der Waals surface area contributed by atoms with Crippen LogP contribution in [-0.2, 0) is 0 Å². The number of amides is 1. The smallest absolute Gasteiger partial charge is 0.267 e. The number of nitrogens with zero attached hydrogens (tertiary/aromatic N) is 2. The molecule has 0 bridgehead atoms. The van der Waals surface area contributed by atoms with Gasteiger partial charge in [-0.1, -0.05) is 18.9 Å². The molecule has 1 saturated heterocycles. The van der Waals surface area contributed by atoms with Crippen LogP contribution in [0.2, 0.25) is 0 Å². The first-order chi connectivity index (χ1) is 12.0. The highest BCUT2D eigenvalue weighted by Gasteiger charge is 2.16. The van der Waals surface area contributed by atoms with E-state index in [2.05, 4.69) is 45.2 Å². The zero-order valence-electron chi connectivity index (χ0n) is 15.6. The molecule has 0 saturated carbocycles. The van der Waals surface area contributed by atoms with Crippen LogP contribution >= 0.6 is 0 Å². The Labute approximate surface area is 150 Å². The van der Waals surface area contributed by atoms with Gasteiger partial charge in [-0.15, -0.1) is 0 Å². The van der Waals surface area contributed by atoms with Crippen LogP contribution in [0.3, 0.4) is 0 Å². The van der Waals surface area contributed by atoms with Crippen molar-refractivity contribution in [3.63, 3.8) is 0 Å². The molecular formula is C20H30N4O. The number of nitrogens with one attached hydrogen (secondary N) is 2. The Bertz CT molecular complexity index is 714. The number of anilines is 1. The Balaban J connectivity index is 1.63. The maximum Gasteiger partial charge on any atom is 0.267 e. The number of carbonyl (C=O) groups is 1. The highest BCUT2D eigenvalue weighted by atomic mass is 16.1. The molecule has 136 valence electrons. The standard InChI is InChI=1S/C20H30N4O/c1-15(14-24-10-6-4-5-7-11-24)21-20(25)19-12-16-8-9-17(23(2)3)13-18(16)22-19/h8-9,12-13,15,22H,4-7,10-11,14H2,1-3H3,(H,21,25)/t15-/m0/s1. The summed E-state index contributed by atoms with van der Waals surface area (Å²) >= 11 is 0. The third-order valence-electron chi connectivity index (χ3n) is 4.98. The van der Waals surface area contributed by atoms with Crippen LogP contribution in [0, 0.1) is 0 Å². The van der Waals surface area contributed by atoms with Crippen LogP contribution in [0.4, 0.5) is 5.69 Å². The maximum atomic E-state index is 12.6. The van der Waals surface area contributed by atoms with Crippen molar-refractivity contribution < 1.29 is 4.79 Å². The van der Waals surface area contributed by atoms with Gasteiger partial charge in [-0.05, 0) is 51.1 Å². The lowest BCUT2D eigenvalue weighted by Gasteiger charge is -2.24. The fraction of sp³-hybridized carbons (Fsp3) is 0.550. The fourth-order valence-corrected chi connectivity index (χ4v) is 3.57. The molecule has 0 spiro atoms. The third-order valence-corrected chi connectivity index (χ3v) is 4.98. The predicted molar refractivity (Wildman–Crippen MR) is 104 cm³/mol. The number of rotatable bonds is 5. The number of likely N-dealkylation sites (tertiary alicyclic amines) is 1. The summed E-state index contributed by atoms with van der Waals surface area (Å²) in [4.78, 5) is 20.4. The van der Waals surface area contributed by atoms with Crippen molar-refractivity contribution in [1.29, 1.82) is 0 Å². The highest BCUT2D eigenvalue weighted by molar-refractivity contribution is 5.98. The molecule has 1 aliphatic heterocycles. The van der Waals surface area contributed by atoms with Crippen molar-refractivity contribution in [2.45, 2.75) is 38.6 Å². The lowest BCUT2D eigenvalue weighted by Crippen LogP contribution is -2.42. The van der Waals surface area contributed by atoms with Gasteiger partial charge in [0, 0.05) is 43.3 Å². The summed E-state index contributed by atoms with van der Waals surface area (Å²) in [6.07, 6.45) is 5.22. The van der Waals surface area contributed by atoms with E-state index in [0.717, 1.165) is 36.2 Å². The van der Waals surface area contributed by atoms with Gasteiger partial charge in [-0.3, -0.25) is 4.79 Å². The number of H-pyrrole nitrogens is 1. The minimum atomic E-state index is -0.0232. The van der Waals surface area contributed by atoms with Gasteiger partial charge in [0.25, 0.3) is 5.91 Å². The first kappa shape index (κ1) is 17.8. The molecule has 25 heavy (non-hydrogen) atoms. The number of benzene rings is 1. The molecular weight excluding hydrogens is 312 g/mol. The molecule has 2 N–H and O–H groups in total. The number of aromatic amines is 1. The summed E-state index contributed by atoms with van der Waals surface area (Å²) in [5, 5.41) is 4.21. The second-order valence-electron chi connectivity index (χ2n) is 7.44. The molecule has 5 heteroatoms. The molecule has 1 atom stereocenters. The number of fused-ring (bicyclic) bond motifs is 1. The van der Waals surface area contributed by atoms with Gasteiger partial charge in [0.05, 0.1) is 0 Å². The van der Waals surface area contributed by atoms with Crippen molar-refractivity contribution in [3.05, 3.63) is 30.0 Å². The van der Waals surface area contributed by atoms with Crippen LogP contribution in [0.25, 0.3) is 10.9 Å². The minimum Gasteiger partial charge on any atom is -0.378 e. The molecule has 0 radical (unpaired) electrons. The quantitative estimate of drug-likeness (QED) is 0.877. The number of hydrogen-bond acceptors (Lipinski definition) is 3. The van der Waals surface area contributed by atoms with Gasteiger partial charge in [-0.25, -0.2) is 0 Å². The van der Waals surface area contributed by atoms with Gasteiger partial charge in [0.1, 0.15) is 5.69 Å². The molecule has 1 aromatic heterocycles. The van der Waals surface area contributed by atoms with Crippen LogP contribution in [0.5, 0.6) is 0 Å². The molecule has 1 aliphatic rings. The van der Waals surface area contributed by atoms with E-state index in [-0.39, 0.29) is 11.9 Å². The number of carbonyl (C=O) groups excluding carboxylic acids is 1. The van der Waals surface area contributed by atoms with Crippen LogP contribution < -0.4 is 10.2 Å². The third kappa shape index (κ3) is 4.54. The number of aromatic nitrogens is 1. The Kier molecular flexibility index (Phi) is 5.63. The highest BCUT2D eigenvalue weighted by Crippen LogP contribution is 2.21. The molecule has 0 unspecified atom stereocenters. The van der Waals surface area contributed by atoms with E-state index in [1.807, 2.05) is 20.2 Å². The van der Waals surface area contributed by atoms with Crippen LogP contribution in [-0.4, -0.2) is 55.6 Å². The average molecular weight is 342 g/mol. The SMILES string of the molecule is C[C@@H](CN1CCCCCC1)NC(=O)c1cc2ccc(N(C)C)cc2[nH]1. The van der Waals surface area contributed by atoms with Crippen molar-refractivity contribution in [2.24, 2.45) is 0 Å². The molecule has 1 aromatic carbocycles. The summed E-state index contributed by atoms with van der Waals surface area (Å²) in [5.41, 5.74) is 2.75. The normalized spacial score (nSPS) is 17.2. The molecule has 1 fully saturated rings. The fourth-order valence-electron chi connectivity index (χ4n) is 3.57. The summed E-state index contributed by atoms with van der Waals surface area (Å²) in [5.74, 6) is -0.0232. The first-order valence-electron chi connectivity index (χ1n) is 9.36. The predicted octanol–water partition coefficient (Wildman–Crippen LogP) is 3.23. The second-order valence-corrected chi connectivity index (χ2v) is 7.44. The molecule has 5 nitrogen and oxygen atoms in total. The van der Waals surface area contributed by atoms with Crippen molar-refractivity contribution >= 4 is 22.5 Å². The van der Waals surface area contributed by atoms with Crippen molar-refractivity contribution in [3.8, 4) is 0 Å². The van der Waals surface area contributed by atoms with E-state index in [1.54, 1.807) is 0 Å². The maximum absolute atomic E-state index is 12.6. The van der Waals surface area contributed by atoms with E-state index >= 15 is 0 Å². The van der Waals surface area contributed by atoms with Gasteiger partial charge in [0.2, 0.25) is 0 Å². The molecule has 3 rings (SSSR count).